The van der Waals surface area contributed by atoms with Gasteiger partial charge in [-0.05, 0) is 40.0 Å². The Bertz CT molecular complexity index is 602. The van der Waals surface area contributed by atoms with Crippen molar-refractivity contribution in [3.05, 3.63) is 51.0 Å². The third-order valence-corrected chi connectivity index (χ3v) is 3.89. The molecular formula is C13H15BrClFN4. The Morgan fingerprint density at radius 3 is 2.90 bits per heavy atom. The Hall–Kier alpha value is -0.950. The van der Waals surface area contributed by atoms with Crippen molar-refractivity contribution in [2.24, 2.45) is 5.84 Å². The van der Waals surface area contributed by atoms with E-state index in [0.29, 0.717) is 0 Å². The highest BCUT2D eigenvalue weighted by atomic mass is 79.9. The van der Waals surface area contributed by atoms with Gasteiger partial charge in [0.05, 0.1) is 27.4 Å². The largest absolute Gasteiger partial charge is 0.271 e. The van der Waals surface area contributed by atoms with E-state index in [1.165, 1.54) is 6.07 Å². The molecule has 1 unspecified atom stereocenters. The Kier molecular flexibility index (Phi) is 5.15. The predicted octanol–water partition coefficient (Wildman–Crippen LogP) is 3.40. The fourth-order valence-corrected chi connectivity index (χ4v) is 2.79. The molecule has 7 heteroatoms. The summed E-state index contributed by atoms with van der Waals surface area (Å²) in [7, 11) is 0. The predicted molar refractivity (Wildman–Crippen MR) is 80.8 cm³/mol. The van der Waals surface area contributed by atoms with Crippen molar-refractivity contribution in [3.63, 3.8) is 0 Å². The number of hydrogen-bond acceptors (Lipinski definition) is 3. The van der Waals surface area contributed by atoms with Gasteiger partial charge in [0.15, 0.2) is 0 Å². The summed E-state index contributed by atoms with van der Waals surface area (Å²) in [6.45, 7) is 2.84. The minimum Gasteiger partial charge on any atom is -0.271 e. The molecule has 0 bridgehead atoms. The van der Waals surface area contributed by atoms with Gasteiger partial charge in [-0.25, -0.2) is 9.82 Å². The van der Waals surface area contributed by atoms with Gasteiger partial charge < -0.3 is 0 Å². The number of aryl methyl sites for hydroxylation is 1. The summed E-state index contributed by atoms with van der Waals surface area (Å²) in [5.74, 6) is 5.22. The van der Waals surface area contributed by atoms with Gasteiger partial charge in [-0.3, -0.25) is 10.5 Å². The third kappa shape index (κ3) is 3.03. The minimum atomic E-state index is -0.452. The van der Waals surface area contributed by atoms with E-state index in [-0.39, 0.29) is 11.1 Å². The van der Waals surface area contributed by atoms with E-state index >= 15 is 0 Å². The van der Waals surface area contributed by atoms with Crippen LogP contribution in [0.1, 0.15) is 30.6 Å². The van der Waals surface area contributed by atoms with Crippen molar-refractivity contribution in [1.29, 1.82) is 0 Å². The molecule has 0 saturated heterocycles. The molecular weight excluding hydrogens is 347 g/mol. The van der Waals surface area contributed by atoms with Gasteiger partial charge in [-0.2, -0.15) is 5.10 Å². The molecule has 0 amide bonds. The number of hydrogen-bond donors (Lipinski definition) is 2. The first-order valence-corrected chi connectivity index (χ1v) is 7.37. The second-order valence-electron chi connectivity index (χ2n) is 4.37. The molecule has 4 nitrogen and oxygen atoms in total. The summed E-state index contributed by atoms with van der Waals surface area (Å²) in [6.07, 6.45) is 2.67. The SMILES string of the molecule is CCCn1ncc(Br)c1C(NN)c1ccc(F)c(Cl)c1. The quantitative estimate of drug-likeness (QED) is 0.634. The molecule has 108 valence electrons. The molecule has 2 rings (SSSR count). The van der Waals surface area contributed by atoms with Gasteiger partial charge in [-0.15, -0.1) is 0 Å². The van der Waals surface area contributed by atoms with E-state index in [9.17, 15) is 4.39 Å². The summed E-state index contributed by atoms with van der Waals surface area (Å²) < 4.78 is 16.0. The van der Waals surface area contributed by atoms with Crippen LogP contribution in [0.3, 0.4) is 0 Å². The van der Waals surface area contributed by atoms with Gasteiger partial charge in [0.2, 0.25) is 0 Å². The Labute approximate surface area is 130 Å². The molecule has 0 spiro atoms. The monoisotopic (exact) mass is 360 g/mol. The van der Waals surface area contributed by atoms with Crippen LogP contribution in [0.15, 0.2) is 28.9 Å². The number of aromatic nitrogens is 2. The van der Waals surface area contributed by atoms with E-state index in [1.807, 2.05) is 4.68 Å². The normalized spacial score (nSPS) is 12.7. The average molecular weight is 362 g/mol. The summed E-state index contributed by atoms with van der Waals surface area (Å²) in [5.41, 5.74) is 4.40. The van der Waals surface area contributed by atoms with E-state index < -0.39 is 5.82 Å². The van der Waals surface area contributed by atoms with Crippen molar-refractivity contribution in [3.8, 4) is 0 Å². The van der Waals surface area contributed by atoms with Crippen LogP contribution in [0, 0.1) is 5.82 Å². The molecule has 0 aliphatic rings. The van der Waals surface area contributed by atoms with Gasteiger partial charge in [0.25, 0.3) is 0 Å². The van der Waals surface area contributed by atoms with Crippen molar-refractivity contribution < 1.29 is 4.39 Å². The van der Waals surface area contributed by atoms with Crippen molar-refractivity contribution >= 4 is 27.5 Å². The first-order valence-electron chi connectivity index (χ1n) is 6.20. The lowest BCUT2D eigenvalue weighted by Crippen LogP contribution is -2.31. The lowest BCUT2D eigenvalue weighted by molar-refractivity contribution is 0.519. The number of halogens is 3. The zero-order valence-corrected chi connectivity index (χ0v) is 13.2. The second-order valence-corrected chi connectivity index (χ2v) is 5.64. The third-order valence-electron chi connectivity index (χ3n) is 2.99. The summed E-state index contributed by atoms with van der Waals surface area (Å²) in [4.78, 5) is 0. The number of benzene rings is 1. The lowest BCUT2D eigenvalue weighted by atomic mass is 10.0. The van der Waals surface area contributed by atoms with E-state index in [0.717, 1.165) is 28.7 Å². The van der Waals surface area contributed by atoms with Crippen LogP contribution in [0.4, 0.5) is 4.39 Å². The topological polar surface area (TPSA) is 55.9 Å². The molecule has 0 aliphatic carbocycles. The van der Waals surface area contributed by atoms with E-state index in [2.05, 4.69) is 33.4 Å². The van der Waals surface area contributed by atoms with Crippen LogP contribution >= 0.6 is 27.5 Å². The molecule has 1 atom stereocenters. The highest BCUT2D eigenvalue weighted by Gasteiger charge is 2.21. The molecule has 0 radical (unpaired) electrons. The van der Waals surface area contributed by atoms with Crippen LogP contribution in [0.5, 0.6) is 0 Å². The van der Waals surface area contributed by atoms with Crippen molar-refractivity contribution in [2.45, 2.75) is 25.9 Å². The maximum absolute atomic E-state index is 13.3. The molecule has 20 heavy (non-hydrogen) atoms. The van der Waals surface area contributed by atoms with Crippen LogP contribution < -0.4 is 11.3 Å². The molecule has 0 aliphatic heterocycles. The number of nitrogens with two attached hydrogens (primary N) is 1. The molecule has 1 aromatic carbocycles. The maximum atomic E-state index is 13.3. The number of rotatable bonds is 5. The molecule has 0 saturated carbocycles. The zero-order chi connectivity index (χ0) is 14.7. The lowest BCUT2D eigenvalue weighted by Gasteiger charge is -2.19. The Morgan fingerprint density at radius 1 is 1.55 bits per heavy atom. The first-order chi connectivity index (χ1) is 9.58. The summed E-state index contributed by atoms with van der Waals surface area (Å²) in [5, 5.41) is 4.38. The Balaban J connectivity index is 2.46. The molecule has 1 heterocycles. The molecule has 0 fully saturated rings. The Morgan fingerprint density at radius 2 is 2.30 bits per heavy atom. The average Bonchev–Trinajstić information content (AvgIpc) is 2.77. The van der Waals surface area contributed by atoms with Crippen LogP contribution in [0.2, 0.25) is 5.02 Å². The van der Waals surface area contributed by atoms with Crippen molar-refractivity contribution in [1.82, 2.24) is 15.2 Å². The number of nitrogens with zero attached hydrogens (tertiary/aromatic N) is 2. The summed E-state index contributed by atoms with van der Waals surface area (Å²) >= 11 is 9.31. The highest BCUT2D eigenvalue weighted by Crippen LogP contribution is 2.30. The van der Waals surface area contributed by atoms with E-state index in [4.69, 9.17) is 17.4 Å². The van der Waals surface area contributed by atoms with E-state index in [1.54, 1.807) is 18.3 Å². The molecule has 3 N–H and O–H groups in total. The van der Waals surface area contributed by atoms with Gasteiger partial charge in [0.1, 0.15) is 5.82 Å². The van der Waals surface area contributed by atoms with Gasteiger partial charge >= 0.3 is 0 Å². The zero-order valence-electron chi connectivity index (χ0n) is 10.9. The maximum Gasteiger partial charge on any atom is 0.141 e. The standard InChI is InChI=1S/C13H15BrClFN4/c1-2-5-20-13(9(14)7-18-20)12(19-17)8-3-4-11(16)10(15)6-8/h3-4,6-7,12,19H,2,5,17H2,1H3. The number of hydrazine groups is 1. The minimum absolute atomic E-state index is 0.0698. The molecule has 1 aromatic heterocycles. The fourth-order valence-electron chi connectivity index (χ4n) is 2.07. The van der Waals surface area contributed by atoms with Crippen molar-refractivity contribution in [2.75, 3.05) is 0 Å². The van der Waals surface area contributed by atoms with Crippen LogP contribution in [-0.4, -0.2) is 9.78 Å². The van der Waals surface area contributed by atoms with Gasteiger partial charge in [-0.1, -0.05) is 24.6 Å². The fraction of sp³-hybridized carbons (Fsp3) is 0.308. The van der Waals surface area contributed by atoms with Crippen LogP contribution in [-0.2, 0) is 6.54 Å². The highest BCUT2D eigenvalue weighted by molar-refractivity contribution is 9.10. The number of nitrogens with one attached hydrogen (secondary N) is 1. The smallest absolute Gasteiger partial charge is 0.141 e. The van der Waals surface area contributed by atoms with Crippen LogP contribution in [0.25, 0.3) is 0 Å². The molecule has 2 aromatic rings. The summed E-state index contributed by atoms with van der Waals surface area (Å²) in [6, 6.07) is 4.23. The second kappa shape index (κ2) is 6.67. The first kappa shape index (κ1) is 15.4. The van der Waals surface area contributed by atoms with Gasteiger partial charge in [0, 0.05) is 6.54 Å².